The molecule has 0 amide bonds. The first-order valence-corrected chi connectivity index (χ1v) is 0.775. The van der Waals surface area contributed by atoms with Crippen LogP contribution in [0.25, 0.3) is 0 Å². The van der Waals surface area contributed by atoms with E-state index in [0.29, 0.717) is 0 Å². The number of hydrogen-bond acceptors (Lipinski definition) is 1. The molecule has 0 fully saturated rings. The molecular formula is HAlF2O. The Hall–Kier alpha value is 0.352. The van der Waals surface area contributed by atoms with Crippen LogP contribution in [0.15, 0.2) is 0 Å². The molecule has 0 aromatic rings. The van der Waals surface area contributed by atoms with E-state index in [4.69, 9.17) is 4.16 Å². The zero-order valence-corrected chi connectivity index (χ0v) is 2.94. The Labute approximate surface area is 31.1 Å². The minimum atomic E-state index is 0. The molecule has 0 spiro atoms. The molecule has 1 N–H and O–H groups in total. The van der Waals surface area contributed by atoms with Crippen LogP contribution in [-0.2, 0) is 0 Å². The van der Waals surface area contributed by atoms with Gasteiger partial charge in [0, 0.05) is 0 Å². The van der Waals surface area contributed by atoms with Gasteiger partial charge in [0.15, 0.2) is 0 Å². The van der Waals surface area contributed by atoms with Crippen LogP contribution < -0.4 is 9.41 Å². The molecule has 0 atom stereocenters. The van der Waals surface area contributed by atoms with E-state index in [2.05, 4.69) is 0 Å². The van der Waals surface area contributed by atoms with Gasteiger partial charge in [-0.25, -0.2) is 0 Å². The third kappa shape index (κ3) is 34.6. The summed E-state index contributed by atoms with van der Waals surface area (Å²) < 4.78 is 6.92. The quantitative estimate of drug-likeness (QED) is 0.288. The Morgan fingerprint density at radius 2 is 1.00 bits per heavy atom. The van der Waals surface area contributed by atoms with Crippen molar-refractivity contribution in [2.45, 2.75) is 0 Å². The van der Waals surface area contributed by atoms with Crippen molar-refractivity contribution >= 4 is 16.6 Å². The molecular weight excluding hydrogens is 81.0 g/mol. The molecule has 0 unspecified atom stereocenters. The van der Waals surface area contributed by atoms with Crippen LogP contribution in [0.2, 0.25) is 0 Å². The van der Waals surface area contributed by atoms with E-state index in [9.17, 15) is 0 Å². The first-order chi connectivity index (χ1) is 1.00. The van der Waals surface area contributed by atoms with Gasteiger partial charge >= 0.3 is 20.8 Å². The summed E-state index contributed by atoms with van der Waals surface area (Å²) in [6, 6.07) is 0. The SMILES string of the molecule is [F-].[F-].[OH][Al+2]. The first kappa shape index (κ1) is 26.7. The maximum atomic E-state index is 6.92. The summed E-state index contributed by atoms with van der Waals surface area (Å²) in [6.07, 6.45) is 0. The van der Waals surface area contributed by atoms with Crippen LogP contribution in [0, 0.1) is 0 Å². The Morgan fingerprint density at radius 3 is 1.00 bits per heavy atom. The molecule has 0 aromatic heterocycles. The number of hydrogen-bond donors (Lipinski definition) is 1. The van der Waals surface area contributed by atoms with Gasteiger partial charge in [0.1, 0.15) is 0 Å². The van der Waals surface area contributed by atoms with Crippen molar-refractivity contribution in [3.05, 3.63) is 0 Å². The van der Waals surface area contributed by atoms with Crippen LogP contribution in [0.4, 0.5) is 0 Å². The van der Waals surface area contributed by atoms with Crippen molar-refractivity contribution in [3.8, 4) is 0 Å². The third-order valence-corrected chi connectivity index (χ3v) is 0. The fourth-order valence-electron chi connectivity index (χ4n) is 0. The number of rotatable bonds is 0. The van der Waals surface area contributed by atoms with Gasteiger partial charge in [-0.15, -0.1) is 0 Å². The van der Waals surface area contributed by atoms with E-state index in [0.717, 1.165) is 0 Å². The summed E-state index contributed by atoms with van der Waals surface area (Å²) in [4.78, 5) is 0. The van der Waals surface area contributed by atoms with Gasteiger partial charge < -0.3 is 9.41 Å². The molecule has 0 aliphatic rings. The second-order valence-electron chi connectivity index (χ2n) is 0. The van der Waals surface area contributed by atoms with Gasteiger partial charge in [-0.3, -0.25) is 0 Å². The van der Waals surface area contributed by atoms with Crippen LogP contribution in [0.5, 0.6) is 0 Å². The molecule has 4 heavy (non-hydrogen) atoms. The van der Waals surface area contributed by atoms with Crippen LogP contribution in [-0.4, -0.2) is 20.8 Å². The molecule has 0 bridgehead atoms. The fraction of sp³-hybridized carbons (Fsp3) is 0. The van der Waals surface area contributed by atoms with Gasteiger partial charge in [-0.05, 0) is 0 Å². The van der Waals surface area contributed by atoms with Gasteiger partial charge in [0.2, 0.25) is 0 Å². The van der Waals surface area contributed by atoms with Gasteiger partial charge in [0.25, 0.3) is 0 Å². The predicted molar refractivity (Wildman–Crippen MR) is 7.97 cm³/mol. The zero-order valence-electron chi connectivity index (χ0n) is 1.78. The molecule has 0 rings (SSSR count). The summed E-state index contributed by atoms with van der Waals surface area (Å²) >= 11 is 1.42. The van der Waals surface area contributed by atoms with Crippen molar-refractivity contribution in [3.63, 3.8) is 0 Å². The second-order valence-corrected chi connectivity index (χ2v) is 0. The van der Waals surface area contributed by atoms with Crippen molar-refractivity contribution in [2.24, 2.45) is 0 Å². The van der Waals surface area contributed by atoms with E-state index in [-0.39, 0.29) is 9.41 Å². The van der Waals surface area contributed by atoms with Crippen molar-refractivity contribution in [2.75, 3.05) is 0 Å². The topological polar surface area (TPSA) is 20.2 Å². The molecule has 0 aliphatic heterocycles. The number of halogens is 2. The standard InChI is InChI=1S/Al.2FH.H2O/h;2*1H;1H2/q+3;;;/p-3. The van der Waals surface area contributed by atoms with E-state index in [1.165, 1.54) is 16.6 Å². The molecule has 0 aliphatic carbocycles. The van der Waals surface area contributed by atoms with E-state index in [1.54, 1.807) is 0 Å². The van der Waals surface area contributed by atoms with E-state index < -0.39 is 0 Å². The molecule has 0 radical (unpaired) electrons. The first-order valence-electron chi connectivity index (χ1n) is 0.258. The molecule has 24 valence electrons. The minimum absolute atomic E-state index is 0. The summed E-state index contributed by atoms with van der Waals surface area (Å²) in [5.41, 5.74) is 0. The van der Waals surface area contributed by atoms with Crippen molar-refractivity contribution in [1.82, 2.24) is 0 Å². The molecule has 1 nitrogen and oxygen atoms in total. The van der Waals surface area contributed by atoms with Crippen LogP contribution in [0.1, 0.15) is 0 Å². The molecule has 0 heterocycles. The summed E-state index contributed by atoms with van der Waals surface area (Å²) in [7, 11) is 0. The predicted octanol–water partition coefficient (Wildman–Crippen LogP) is -6.93. The Balaban J connectivity index is -0.00000000500. The molecule has 0 saturated heterocycles. The van der Waals surface area contributed by atoms with Crippen molar-refractivity contribution < 1.29 is 13.6 Å². The average molecular weight is 82.0 g/mol. The fourth-order valence-corrected chi connectivity index (χ4v) is 0. The Kier molecular flexibility index (Phi) is 998. The second kappa shape index (κ2) is 149. The third-order valence-electron chi connectivity index (χ3n) is 0. The van der Waals surface area contributed by atoms with E-state index >= 15 is 0 Å². The Bertz CT molecular complexity index is 6.00. The molecule has 0 aromatic carbocycles. The van der Waals surface area contributed by atoms with E-state index in [1.807, 2.05) is 0 Å². The normalized spacial score (nSPS) is 1.75. The molecule has 4 heteroatoms. The van der Waals surface area contributed by atoms with Gasteiger partial charge in [0.05, 0.1) is 0 Å². The van der Waals surface area contributed by atoms with Crippen molar-refractivity contribution in [1.29, 1.82) is 0 Å². The average Bonchev–Trinajstić information content (AvgIpc) is 1.00. The monoisotopic (exact) mass is 82.0 g/mol. The van der Waals surface area contributed by atoms with Crippen LogP contribution in [0.3, 0.4) is 0 Å². The summed E-state index contributed by atoms with van der Waals surface area (Å²) in [5, 5.41) is 0. The zero-order chi connectivity index (χ0) is 2.00. The Morgan fingerprint density at radius 1 is 1.00 bits per heavy atom. The van der Waals surface area contributed by atoms with Crippen LogP contribution >= 0.6 is 0 Å². The summed E-state index contributed by atoms with van der Waals surface area (Å²) in [6.45, 7) is 0. The molecule has 0 saturated carbocycles. The van der Waals surface area contributed by atoms with Gasteiger partial charge in [-0.2, -0.15) is 0 Å². The van der Waals surface area contributed by atoms with Gasteiger partial charge in [-0.1, -0.05) is 0 Å². The maximum absolute atomic E-state index is 6.92. The summed E-state index contributed by atoms with van der Waals surface area (Å²) in [5.74, 6) is 0.